The number of carbonyl (C=O) groups is 2. The number of nitrogens with one attached hydrogen (secondary N) is 2. The van der Waals surface area contributed by atoms with Gasteiger partial charge in [-0.25, -0.2) is 9.98 Å². The second-order valence-electron chi connectivity index (χ2n) is 8.44. The van der Waals surface area contributed by atoms with Gasteiger partial charge in [0, 0.05) is 13.8 Å². The van der Waals surface area contributed by atoms with Gasteiger partial charge in [-0.3, -0.25) is 19.2 Å². The standard InChI is InChI=1S/C26H20N4O8/c1-9(31)27-11-5-7-13(37-3)19-15(11)23(33)17-21(29-19)26(36)18-22(25(17)35)30-20-14(38-4)8-6-12(28-10(2)32)16(20)24(18)34/h5-8,29-30,33-34H,1-4H3. The van der Waals surface area contributed by atoms with Crippen LogP contribution in [-0.2, 0) is 9.59 Å². The summed E-state index contributed by atoms with van der Waals surface area (Å²) in [6, 6.07) is 5.83. The average molecular weight is 516 g/mol. The first kappa shape index (κ1) is 24.4. The summed E-state index contributed by atoms with van der Waals surface area (Å²) in [5, 5.41) is 21.9. The molecule has 0 bridgehead atoms. The van der Waals surface area contributed by atoms with Crippen molar-refractivity contribution in [3.05, 3.63) is 55.4 Å². The van der Waals surface area contributed by atoms with Crippen LogP contribution in [0.5, 0.6) is 23.0 Å². The number of rotatable bonds is 2. The number of hydrogen-bond acceptors (Lipinski definition) is 8. The molecule has 12 nitrogen and oxygen atoms in total. The molecular formula is C26H20N4O8. The molecule has 4 N–H and O–H groups in total. The number of pyridine rings is 2. The van der Waals surface area contributed by atoms with Crippen LogP contribution in [0.3, 0.4) is 0 Å². The summed E-state index contributed by atoms with van der Waals surface area (Å²) in [4.78, 5) is 64.4. The zero-order valence-electron chi connectivity index (χ0n) is 20.5. The van der Waals surface area contributed by atoms with Crippen LogP contribution in [0, 0.1) is 0 Å². The maximum absolute atomic E-state index is 13.7. The molecule has 0 aliphatic carbocycles. The molecule has 0 atom stereocenters. The van der Waals surface area contributed by atoms with Crippen molar-refractivity contribution in [2.75, 3.05) is 14.2 Å². The number of carbonyl (C=O) groups excluding carboxylic acids is 2. The van der Waals surface area contributed by atoms with Gasteiger partial charge >= 0.3 is 0 Å². The molecule has 5 aromatic rings. The van der Waals surface area contributed by atoms with Crippen molar-refractivity contribution >= 4 is 55.4 Å². The molecule has 2 heterocycles. The lowest BCUT2D eigenvalue weighted by Crippen LogP contribution is -2.19. The summed E-state index contributed by atoms with van der Waals surface area (Å²) in [5.41, 5.74) is -2.07. The van der Waals surface area contributed by atoms with Gasteiger partial charge in [-0.1, -0.05) is 0 Å². The Balaban J connectivity index is 2.12. The molecule has 2 amide bonds. The van der Waals surface area contributed by atoms with E-state index in [1.165, 1.54) is 52.3 Å². The number of aromatic amines is 2. The van der Waals surface area contributed by atoms with E-state index in [-0.39, 0.29) is 65.8 Å². The number of methoxy groups -OCH3 is 2. The summed E-state index contributed by atoms with van der Waals surface area (Å²) in [7, 11) is 2.73. The quantitative estimate of drug-likeness (QED) is 0.254. The van der Waals surface area contributed by atoms with Crippen LogP contribution in [0.25, 0.3) is 43.6 Å². The second kappa shape index (κ2) is 8.69. The van der Waals surface area contributed by atoms with E-state index in [9.17, 15) is 29.4 Å². The number of nitrogens with zero attached hydrogens (tertiary/aromatic N) is 2. The number of hydrogen-bond donors (Lipinski definition) is 4. The lowest BCUT2D eigenvalue weighted by molar-refractivity contribution is -0.116. The lowest BCUT2D eigenvalue weighted by atomic mass is 10.0. The summed E-state index contributed by atoms with van der Waals surface area (Å²) in [6.45, 7) is 2.45. The largest absolute Gasteiger partial charge is 0.506 e. The van der Waals surface area contributed by atoms with Gasteiger partial charge < -0.3 is 29.7 Å². The van der Waals surface area contributed by atoms with E-state index in [0.29, 0.717) is 0 Å². The van der Waals surface area contributed by atoms with Gasteiger partial charge in [-0.05, 0) is 24.3 Å². The Morgan fingerprint density at radius 2 is 1.03 bits per heavy atom. The zero-order valence-corrected chi connectivity index (χ0v) is 20.5. The fourth-order valence-electron chi connectivity index (χ4n) is 4.63. The molecular weight excluding hydrogens is 496 g/mol. The normalized spacial score (nSPS) is 12.6. The number of ether oxygens (including phenoxy) is 2. The third-order valence-corrected chi connectivity index (χ3v) is 6.14. The molecule has 0 fully saturated rings. The first-order chi connectivity index (χ1) is 18.1. The van der Waals surface area contributed by atoms with Crippen LogP contribution >= 0.6 is 0 Å². The summed E-state index contributed by atoms with van der Waals surface area (Å²) < 4.78 is 10.7. The molecule has 0 aliphatic heterocycles. The van der Waals surface area contributed by atoms with Crippen molar-refractivity contribution in [1.82, 2.24) is 9.97 Å². The highest BCUT2D eigenvalue weighted by atomic mass is 16.5. The van der Waals surface area contributed by atoms with Gasteiger partial charge in [0.25, 0.3) is 0 Å². The minimum absolute atomic E-state index is 0.00645. The van der Waals surface area contributed by atoms with E-state index in [2.05, 4.69) is 20.0 Å². The number of aromatic nitrogens is 2. The van der Waals surface area contributed by atoms with Crippen LogP contribution in [0.4, 0.5) is 0 Å². The minimum Gasteiger partial charge on any atom is -0.506 e. The van der Waals surface area contributed by atoms with E-state index in [0.717, 1.165) is 0 Å². The zero-order chi connectivity index (χ0) is 27.5. The Labute approximate surface area is 211 Å². The number of aromatic hydroxyl groups is 2. The third-order valence-electron chi connectivity index (χ3n) is 6.14. The molecule has 0 unspecified atom stereocenters. The highest BCUT2D eigenvalue weighted by Gasteiger charge is 2.24. The highest BCUT2D eigenvalue weighted by molar-refractivity contribution is 6.10. The highest BCUT2D eigenvalue weighted by Crippen LogP contribution is 2.35. The SMILES string of the molecule is COc1ccc(=NC(C)=O)c2c(O)c3c(=O)c4[nH]c5c(OC)ccc(=NC(C)=O)c5c(O)c4c(=O)c3[nH]c12. The van der Waals surface area contributed by atoms with Gasteiger partial charge in [-0.2, -0.15) is 0 Å². The van der Waals surface area contributed by atoms with Crippen molar-refractivity contribution in [2.24, 2.45) is 9.98 Å². The van der Waals surface area contributed by atoms with E-state index >= 15 is 0 Å². The fraction of sp³-hybridized carbons (Fsp3) is 0.154. The van der Waals surface area contributed by atoms with Gasteiger partial charge in [0.05, 0.1) is 57.5 Å². The number of H-pyrrole nitrogens is 2. The summed E-state index contributed by atoms with van der Waals surface area (Å²) >= 11 is 0. The Morgan fingerprint density at radius 3 is 1.34 bits per heavy atom. The molecule has 12 heteroatoms. The number of amides is 2. The monoisotopic (exact) mass is 516 g/mol. The van der Waals surface area contributed by atoms with Gasteiger partial charge in [0.15, 0.2) is 0 Å². The molecule has 0 aliphatic rings. The van der Waals surface area contributed by atoms with E-state index in [4.69, 9.17) is 9.47 Å². The van der Waals surface area contributed by atoms with Crippen molar-refractivity contribution in [2.45, 2.75) is 13.8 Å². The van der Waals surface area contributed by atoms with Crippen molar-refractivity contribution < 1.29 is 29.3 Å². The minimum atomic E-state index is -0.824. The first-order valence-corrected chi connectivity index (χ1v) is 11.2. The third kappa shape index (κ3) is 3.45. The maximum atomic E-state index is 13.7. The Kier molecular flexibility index (Phi) is 5.59. The summed E-state index contributed by atoms with van der Waals surface area (Å²) in [6.07, 6.45) is 0. The molecule has 2 aromatic heterocycles. The Morgan fingerprint density at radius 1 is 0.658 bits per heavy atom. The molecule has 192 valence electrons. The molecule has 0 radical (unpaired) electrons. The topological polar surface area (TPSA) is 183 Å². The molecule has 0 saturated heterocycles. The predicted octanol–water partition coefficient (Wildman–Crippen LogP) is 1.44. The van der Waals surface area contributed by atoms with Crippen molar-refractivity contribution in [1.29, 1.82) is 0 Å². The first-order valence-electron chi connectivity index (χ1n) is 11.2. The van der Waals surface area contributed by atoms with E-state index < -0.39 is 34.2 Å². The maximum Gasteiger partial charge on any atom is 0.243 e. The fourth-order valence-corrected chi connectivity index (χ4v) is 4.63. The Bertz CT molecular complexity index is 1970. The predicted molar refractivity (Wildman–Crippen MR) is 138 cm³/mol. The molecule has 5 rings (SSSR count). The number of fused-ring (bicyclic) bond motifs is 4. The van der Waals surface area contributed by atoms with Crippen molar-refractivity contribution in [3.63, 3.8) is 0 Å². The van der Waals surface area contributed by atoms with Crippen LogP contribution < -0.4 is 31.0 Å². The van der Waals surface area contributed by atoms with Gasteiger partial charge in [-0.15, -0.1) is 0 Å². The van der Waals surface area contributed by atoms with E-state index in [1.807, 2.05) is 0 Å². The molecule has 0 saturated carbocycles. The molecule has 3 aromatic carbocycles. The van der Waals surface area contributed by atoms with Crippen LogP contribution in [0.15, 0.2) is 43.8 Å². The lowest BCUT2D eigenvalue weighted by Gasteiger charge is -2.13. The van der Waals surface area contributed by atoms with E-state index in [1.54, 1.807) is 0 Å². The van der Waals surface area contributed by atoms with Gasteiger partial charge in [0.1, 0.15) is 34.0 Å². The van der Waals surface area contributed by atoms with Crippen molar-refractivity contribution in [3.8, 4) is 23.0 Å². The summed E-state index contributed by atoms with van der Waals surface area (Å²) in [5.74, 6) is -1.90. The Hall–Kier alpha value is -5.26. The second-order valence-corrected chi connectivity index (χ2v) is 8.44. The smallest absolute Gasteiger partial charge is 0.243 e. The molecule has 38 heavy (non-hydrogen) atoms. The molecule has 0 spiro atoms. The van der Waals surface area contributed by atoms with Gasteiger partial charge in [0.2, 0.25) is 22.7 Å². The number of benzene rings is 3. The van der Waals surface area contributed by atoms with Crippen LogP contribution in [-0.4, -0.2) is 46.2 Å². The average Bonchev–Trinajstić information content (AvgIpc) is 2.86. The van der Waals surface area contributed by atoms with Crippen LogP contribution in [0.2, 0.25) is 0 Å². The van der Waals surface area contributed by atoms with Crippen LogP contribution in [0.1, 0.15) is 13.8 Å².